The Balaban J connectivity index is 2.02. The lowest BCUT2D eigenvalue weighted by molar-refractivity contribution is -0.157. The fraction of sp³-hybridized carbons (Fsp3) is 0.350. The van der Waals surface area contributed by atoms with Crippen LogP contribution in [0.2, 0.25) is 0 Å². The minimum atomic E-state index is -0.905. The first-order valence-electron chi connectivity index (χ1n) is 8.63. The average molecular weight is 366 g/mol. The fourth-order valence-corrected chi connectivity index (χ4v) is 2.27. The summed E-state index contributed by atoms with van der Waals surface area (Å²) in [4.78, 5) is 28.7. The predicted octanol–water partition coefficient (Wildman–Crippen LogP) is 2.05. The van der Waals surface area contributed by atoms with Gasteiger partial charge in [-0.25, -0.2) is 9.59 Å². The van der Waals surface area contributed by atoms with E-state index in [1.807, 2.05) is 30.3 Å². The quantitative estimate of drug-likeness (QED) is 0.626. The van der Waals surface area contributed by atoms with Gasteiger partial charge in [-0.15, -0.1) is 0 Å². The number of carbonyl (C=O) groups excluding carboxylic acids is 2. The highest BCUT2D eigenvalue weighted by atomic mass is 16.6. The van der Waals surface area contributed by atoms with E-state index in [2.05, 4.69) is 10.3 Å². The highest BCUT2D eigenvalue weighted by molar-refractivity contribution is 6.30. The Labute approximate surface area is 160 Å². The molecule has 27 heavy (non-hydrogen) atoms. The Morgan fingerprint density at radius 1 is 1.11 bits per heavy atom. The monoisotopic (exact) mass is 366 g/mol. The van der Waals surface area contributed by atoms with Crippen molar-refractivity contribution in [3.8, 4) is 0 Å². The molecule has 1 aromatic carbocycles. The SMILES string of the molecule is [B]c1ccc(CC(NC(=O)OCc2ccccc2)C(=O)OC(C)(C)C)cn1. The van der Waals surface area contributed by atoms with Crippen molar-refractivity contribution >= 4 is 25.5 Å². The molecule has 0 saturated carbocycles. The molecular weight excluding hydrogens is 343 g/mol. The van der Waals surface area contributed by atoms with Crippen LogP contribution in [-0.4, -0.2) is 36.5 Å². The summed E-state index contributed by atoms with van der Waals surface area (Å²) in [5.74, 6) is -0.545. The van der Waals surface area contributed by atoms with E-state index >= 15 is 0 Å². The Bertz CT molecular complexity index is 758. The van der Waals surface area contributed by atoms with Gasteiger partial charge in [-0.2, -0.15) is 0 Å². The van der Waals surface area contributed by atoms with Crippen LogP contribution in [0.3, 0.4) is 0 Å². The molecule has 1 atom stereocenters. The molecule has 0 aliphatic carbocycles. The predicted molar refractivity (Wildman–Crippen MR) is 103 cm³/mol. The van der Waals surface area contributed by atoms with E-state index in [0.717, 1.165) is 11.1 Å². The molecule has 1 amide bonds. The van der Waals surface area contributed by atoms with Gasteiger partial charge < -0.3 is 14.8 Å². The first-order valence-corrected chi connectivity index (χ1v) is 8.63. The molecule has 0 bridgehead atoms. The molecule has 1 N–H and O–H groups in total. The molecule has 1 unspecified atom stereocenters. The van der Waals surface area contributed by atoms with Gasteiger partial charge in [-0.05, 0) is 37.5 Å². The zero-order chi connectivity index (χ0) is 19.9. The standard InChI is InChI=1S/C20H23BN2O4/c1-20(2,3)27-18(24)16(11-15-9-10-17(21)22-12-15)23-19(25)26-13-14-7-5-4-6-8-14/h4-10,12,16H,11,13H2,1-3H3,(H,23,25). The second-order valence-electron chi connectivity index (χ2n) is 7.09. The van der Waals surface area contributed by atoms with Crippen molar-refractivity contribution in [1.29, 1.82) is 0 Å². The summed E-state index contributed by atoms with van der Waals surface area (Å²) in [6.45, 7) is 5.40. The number of hydrogen-bond donors (Lipinski definition) is 1. The maximum atomic E-state index is 12.5. The van der Waals surface area contributed by atoms with Crippen LogP contribution in [-0.2, 0) is 27.3 Å². The zero-order valence-electron chi connectivity index (χ0n) is 15.8. The minimum absolute atomic E-state index is 0.108. The van der Waals surface area contributed by atoms with Crippen molar-refractivity contribution in [3.63, 3.8) is 0 Å². The Hall–Kier alpha value is -2.83. The van der Waals surface area contributed by atoms with Crippen LogP contribution in [0.25, 0.3) is 0 Å². The summed E-state index contributed by atoms with van der Waals surface area (Å²) in [6.07, 6.45) is 1.07. The minimum Gasteiger partial charge on any atom is -0.458 e. The van der Waals surface area contributed by atoms with E-state index < -0.39 is 23.7 Å². The third-order valence-corrected chi connectivity index (χ3v) is 3.48. The molecule has 2 rings (SSSR count). The summed E-state index contributed by atoms with van der Waals surface area (Å²) < 4.78 is 10.6. The van der Waals surface area contributed by atoms with Gasteiger partial charge in [0.15, 0.2) is 0 Å². The van der Waals surface area contributed by atoms with Crippen molar-refractivity contribution in [2.24, 2.45) is 0 Å². The first kappa shape index (κ1) is 20.5. The van der Waals surface area contributed by atoms with Crippen LogP contribution in [0, 0.1) is 0 Å². The lowest BCUT2D eigenvalue weighted by atomic mass is 10.0. The molecule has 0 spiro atoms. The molecule has 0 aliphatic rings. The number of nitrogens with one attached hydrogen (secondary N) is 1. The topological polar surface area (TPSA) is 77.5 Å². The summed E-state index contributed by atoms with van der Waals surface area (Å²) in [5, 5.41) is 2.58. The number of esters is 1. The van der Waals surface area contributed by atoms with E-state index in [9.17, 15) is 9.59 Å². The van der Waals surface area contributed by atoms with Gasteiger partial charge in [0.2, 0.25) is 0 Å². The normalized spacial score (nSPS) is 12.1. The summed E-state index contributed by atoms with van der Waals surface area (Å²) in [6, 6.07) is 11.8. The van der Waals surface area contributed by atoms with Crippen LogP contribution < -0.4 is 10.9 Å². The molecule has 140 valence electrons. The number of ether oxygens (including phenoxy) is 2. The van der Waals surface area contributed by atoms with Gasteiger partial charge in [0.1, 0.15) is 26.1 Å². The molecule has 2 aromatic rings. The number of amides is 1. The molecule has 2 radical (unpaired) electrons. The van der Waals surface area contributed by atoms with E-state index in [4.69, 9.17) is 17.3 Å². The average Bonchev–Trinajstić information content (AvgIpc) is 2.60. The number of aromatic nitrogens is 1. The first-order chi connectivity index (χ1) is 12.7. The van der Waals surface area contributed by atoms with Gasteiger partial charge in [0.25, 0.3) is 0 Å². The van der Waals surface area contributed by atoms with Gasteiger partial charge in [-0.1, -0.05) is 42.5 Å². The van der Waals surface area contributed by atoms with Crippen LogP contribution >= 0.6 is 0 Å². The van der Waals surface area contributed by atoms with Crippen LogP contribution in [0.4, 0.5) is 4.79 Å². The maximum absolute atomic E-state index is 12.5. The fourth-order valence-electron chi connectivity index (χ4n) is 2.27. The summed E-state index contributed by atoms with van der Waals surface area (Å²) in [7, 11) is 5.58. The lowest BCUT2D eigenvalue weighted by Crippen LogP contribution is -2.45. The second kappa shape index (κ2) is 9.21. The van der Waals surface area contributed by atoms with Gasteiger partial charge in [0, 0.05) is 12.6 Å². The number of pyridine rings is 1. The van der Waals surface area contributed by atoms with Crippen LogP contribution in [0.1, 0.15) is 31.9 Å². The van der Waals surface area contributed by atoms with E-state index in [0.29, 0.717) is 5.59 Å². The van der Waals surface area contributed by atoms with Crippen molar-refractivity contribution in [2.75, 3.05) is 0 Å². The number of nitrogens with zero attached hydrogens (tertiary/aromatic N) is 1. The molecule has 7 heteroatoms. The lowest BCUT2D eigenvalue weighted by Gasteiger charge is -2.24. The number of rotatable bonds is 6. The highest BCUT2D eigenvalue weighted by Gasteiger charge is 2.27. The molecule has 6 nitrogen and oxygen atoms in total. The number of benzene rings is 1. The Kier molecular flexibility index (Phi) is 6.99. The summed E-state index contributed by atoms with van der Waals surface area (Å²) >= 11 is 0. The Morgan fingerprint density at radius 3 is 2.41 bits per heavy atom. The molecular formula is C20H23BN2O4. The molecule has 0 fully saturated rings. The number of carbonyl (C=O) groups is 2. The smallest absolute Gasteiger partial charge is 0.408 e. The molecule has 1 aromatic heterocycles. The van der Waals surface area contributed by atoms with Crippen molar-refractivity contribution in [2.45, 2.75) is 45.4 Å². The Morgan fingerprint density at radius 2 is 1.81 bits per heavy atom. The van der Waals surface area contributed by atoms with Gasteiger partial charge in [0.05, 0.1) is 0 Å². The second-order valence-corrected chi connectivity index (χ2v) is 7.09. The largest absolute Gasteiger partial charge is 0.458 e. The summed E-state index contributed by atoms with van der Waals surface area (Å²) in [5.41, 5.74) is 1.29. The third kappa shape index (κ3) is 7.52. The third-order valence-electron chi connectivity index (χ3n) is 3.48. The molecule has 0 aliphatic heterocycles. The number of hydrogen-bond acceptors (Lipinski definition) is 5. The van der Waals surface area contributed by atoms with E-state index in [1.54, 1.807) is 39.1 Å². The van der Waals surface area contributed by atoms with E-state index in [1.165, 1.54) is 0 Å². The van der Waals surface area contributed by atoms with Crippen LogP contribution in [0.15, 0.2) is 48.7 Å². The van der Waals surface area contributed by atoms with Crippen molar-refractivity contribution in [1.82, 2.24) is 10.3 Å². The van der Waals surface area contributed by atoms with Gasteiger partial charge in [-0.3, -0.25) is 4.98 Å². The van der Waals surface area contributed by atoms with Gasteiger partial charge >= 0.3 is 12.1 Å². The van der Waals surface area contributed by atoms with Crippen molar-refractivity contribution in [3.05, 3.63) is 59.8 Å². The highest BCUT2D eigenvalue weighted by Crippen LogP contribution is 2.11. The van der Waals surface area contributed by atoms with Crippen molar-refractivity contribution < 1.29 is 19.1 Å². The van der Waals surface area contributed by atoms with Crippen LogP contribution in [0.5, 0.6) is 0 Å². The van der Waals surface area contributed by atoms with E-state index in [-0.39, 0.29) is 13.0 Å². The molecule has 1 heterocycles. The molecule has 0 saturated heterocycles. The maximum Gasteiger partial charge on any atom is 0.408 e. The zero-order valence-corrected chi connectivity index (χ0v) is 15.8. The number of alkyl carbamates (subject to hydrolysis) is 1.